The van der Waals surface area contributed by atoms with Gasteiger partial charge in [0.05, 0.1) is 25.9 Å². The van der Waals surface area contributed by atoms with Crippen LogP contribution in [0.3, 0.4) is 0 Å². The number of para-hydroxylation sites is 2. The van der Waals surface area contributed by atoms with Crippen molar-refractivity contribution in [3.8, 4) is 17.2 Å². The third-order valence-corrected chi connectivity index (χ3v) is 4.66. The Hall–Kier alpha value is -2.69. The molecule has 5 nitrogen and oxygen atoms in total. The number of carbonyl (C=O) groups is 1. The van der Waals surface area contributed by atoms with Crippen LogP contribution < -0.4 is 19.5 Å². The van der Waals surface area contributed by atoms with E-state index in [4.69, 9.17) is 14.2 Å². The number of nitrogens with one attached hydrogen (secondary N) is 1. The second kappa shape index (κ2) is 8.61. The predicted octanol–water partition coefficient (Wildman–Crippen LogP) is 3.96. The van der Waals surface area contributed by atoms with E-state index < -0.39 is 0 Å². The number of carbonyl (C=O) groups excluding carboxylic acids is 1. The second-order valence-electron chi connectivity index (χ2n) is 6.36. The summed E-state index contributed by atoms with van der Waals surface area (Å²) in [6.45, 7) is 0.391. The molecule has 0 aromatic heterocycles. The van der Waals surface area contributed by atoms with Crippen molar-refractivity contribution in [3.63, 3.8) is 0 Å². The molecule has 0 saturated heterocycles. The average Bonchev–Trinajstić information content (AvgIpc) is 3.19. The summed E-state index contributed by atoms with van der Waals surface area (Å²) < 4.78 is 16.7. The number of hydrogen-bond donors (Lipinski definition) is 1. The molecule has 0 aliphatic heterocycles. The van der Waals surface area contributed by atoms with Crippen molar-refractivity contribution in [3.05, 3.63) is 53.6 Å². The molecule has 138 valence electrons. The molecule has 1 aliphatic carbocycles. The molecule has 5 heteroatoms. The molecule has 0 heterocycles. The van der Waals surface area contributed by atoms with E-state index in [0.29, 0.717) is 23.6 Å². The minimum atomic E-state index is -0.212. The van der Waals surface area contributed by atoms with E-state index in [1.54, 1.807) is 25.3 Å². The summed E-state index contributed by atoms with van der Waals surface area (Å²) in [6, 6.07) is 13.1. The number of amides is 1. The Bertz CT molecular complexity index is 753. The molecule has 1 N–H and O–H groups in total. The second-order valence-corrected chi connectivity index (χ2v) is 6.36. The van der Waals surface area contributed by atoms with Gasteiger partial charge in [0, 0.05) is 12.1 Å². The molecule has 0 unspecified atom stereocenters. The third kappa shape index (κ3) is 4.10. The highest BCUT2D eigenvalue weighted by molar-refractivity contribution is 5.97. The molecular weight excluding hydrogens is 330 g/mol. The van der Waals surface area contributed by atoms with Gasteiger partial charge in [0.1, 0.15) is 5.75 Å². The summed E-state index contributed by atoms with van der Waals surface area (Å²) in [7, 11) is 3.08. The maximum atomic E-state index is 12.6. The summed E-state index contributed by atoms with van der Waals surface area (Å²) in [4.78, 5) is 12.6. The van der Waals surface area contributed by atoms with Gasteiger partial charge in [0.15, 0.2) is 11.5 Å². The van der Waals surface area contributed by atoms with Crippen LogP contribution in [0.25, 0.3) is 0 Å². The number of hydrogen-bond acceptors (Lipinski definition) is 4. The molecule has 2 aromatic carbocycles. The van der Waals surface area contributed by atoms with Gasteiger partial charge in [-0.2, -0.15) is 0 Å². The maximum Gasteiger partial charge on any atom is 0.255 e. The van der Waals surface area contributed by atoms with Gasteiger partial charge in [-0.05, 0) is 43.9 Å². The largest absolute Gasteiger partial charge is 0.493 e. The minimum Gasteiger partial charge on any atom is -0.493 e. The fraction of sp³-hybridized carbons (Fsp3) is 0.381. The molecule has 2 aromatic rings. The molecule has 0 spiro atoms. The highest BCUT2D eigenvalue weighted by atomic mass is 16.5. The van der Waals surface area contributed by atoms with E-state index >= 15 is 0 Å². The maximum absolute atomic E-state index is 12.6. The standard InChI is InChI=1S/C21H25NO4/c1-24-19-13-7-11-17(20(19)25-2)21(23)22-14-15-8-3-6-12-18(15)26-16-9-4-5-10-16/h3,6-8,11-13,16H,4-5,9-10,14H2,1-2H3,(H,22,23). The quantitative estimate of drug-likeness (QED) is 0.817. The van der Waals surface area contributed by atoms with Crippen molar-refractivity contribution < 1.29 is 19.0 Å². The fourth-order valence-corrected chi connectivity index (χ4v) is 3.29. The Morgan fingerprint density at radius 2 is 1.73 bits per heavy atom. The number of methoxy groups -OCH3 is 2. The molecule has 1 saturated carbocycles. The summed E-state index contributed by atoms with van der Waals surface area (Å²) in [5, 5.41) is 2.95. The van der Waals surface area contributed by atoms with Gasteiger partial charge in [0.25, 0.3) is 5.91 Å². The van der Waals surface area contributed by atoms with Gasteiger partial charge in [-0.1, -0.05) is 24.3 Å². The van der Waals surface area contributed by atoms with Crippen LogP contribution in [0.5, 0.6) is 17.2 Å². The average molecular weight is 355 g/mol. The highest BCUT2D eigenvalue weighted by Gasteiger charge is 2.19. The molecule has 0 atom stereocenters. The van der Waals surface area contributed by atoms with Crippen molar-refractivity contribution in [2.75, 3.05) is 14.2 Å². The van der Waals surface area contributed by atoms with Crippen molar-refractivity contribution in [2.24, 2.45) is 0 Å². The lowest BCUT2D eigenvalue weighted by Gasteiger charge is -2.17. The zero-order valence-corrected chi connectivity index (χ0v) is 15.3. The van der Waals surface area contributed by atoms with Crippen molar-refractivity contribution in [2.45, 2.75) is 38.3 Å². The Kier molecular flexibility index (Phi) is 6.00. The Morgan fingerprint density at radius 1 is 1.00 bits per heavy atom. The number of benzene rings is 2. The summed E-state index contributed by atoms with van der Waals surface area (Å²) >= 11 is 0. The molecule has 0 bridgehead atoms. The first-order chi connectivity index (χ1) is 12.7. The molecular formula is C21H25NO4. The molecule has 1 fully saturated rings. The topological polar surface area (TPSA) is 56.8 Å². The Morgan fingerprint density at radius 3 is 2.46 bits per heavy atom. The molecule has 1 aliphatic rings. The van der Waals surface area contributed by atoms with E-state index in [1.165, 1.54) is 20.0 Å². The van der Waals surface area contributed by atoms with Crippen molar-refractivity contribution >= 4 is 5.91 Å². The van der Waals surface area contributed by atoms with Crippen LogP contribution in [0.2, 0.25) is 0 Å². The summed E-state index contributed by atoms with van der Waals surface area (Å²) in [5.41, 5.74) is 1.41. The van der Waals surface area contributed by atoms with Gasteiger partial charge in [-0.15, -0.1) is 0 Å². The molecule has 0 radical (unpaired) electrons. The number of rotatable bonds is 7. The molecule has 26 heavy (non-hydrogen) atoms. The van der Waals surface area contributed by atoms with Gasteiger partial charge in [-0.3, -0.25) is 4.79 Å². The fourth-order valence-electron chi connectivity index (χ4n) is 3.29. The van der Waals surface area contributed by atoms with Crippen LogP contribution in [0.15, 0.2) is 42.5 Å². The van der Waals surface area contributed by atoms with Crippen LogP contribution in [0.1, 0.15) is 41.6 Å². The predicted molar refractivity (Wildman–Crippen MR) is 100 cm³/mol. The van der Waals surface area contributed by atoms with Gasteiger partial charge < -0.3 is 19.5 Å². The van der Waals surface area contributed by atoms with Crippen molar-refractivity contribution in [1.29, 1.82) is 0 Å². The normalized spacial score (nSPS) is 14.1. The van der Waals surface area contributed by atoms with Crippen LogP contribution in [-0.2, 0) is 6.54 Å². The smallest absolute Gasteiger partial charge is 0.255 e. The minimum absolute atomic E-state index is 0.212. The lowest BCUT2D eigenvalue weighted by molar-refractivity contribution is 0.0946. The van der Waals surface area contributed by atoms with Crippen LogP contribution in [0.4, 0.5) is 0 Å². The van der Waals surface area contributed by atoms with E-state index in [1.807, 2.05) is 24.3 Å². The van der Waals surface area contributed by atoms with Gasteiger partial charge in [0.2, 0.25) is 0 Å². The molecule has 1 amide bonds. The lowest BCUT2D eigenvalue weighted by atomic mass is 10.1. The first-order valence-corrected chi connectivity index (χ1v) is 8.96. The lowest BCUT2D eigenvalue weighted by Crippen LogP contribution is -2.24. The number of ether oxygens (including phenoxy) is 3. The van der Waals surface area contributed by atoms with E-state index in [2.05, 4.69) is 5.32 Å². The zero-order chi connectivity index (χ0) is 18.4. The van der Waals surface area contributed by atoms with Gasteiger partial charge >= 0.3 is 0 Å². The molecule has 3 rings (SSSR count). The van der Waals surface area contributed by atoms with E-state index in [9.17, 15) is 4.79 Å². The van der Waals surface area contributed by atoms with Crippen LogP contribution >= 0.6 is 0 Å². The Labute approximate surface area is 154 Å². The van der Waals surface area contributed by atoms with Crippen LogP contribution in [-0.4, -0.2) is 26.2 Å². The Balaban J connectivity index is 1.70. The van der Waals surface area contributed by atoms with E-state index in [-0.39, 0.29) is 12.0 Å². The van der Waals surface area contributed by atoms with Crippen LogP contribution in [0, 0.1) is 0 Å². The summed E-state index contributed by atoms with van der Waals surface area (Å²) in [6.07, 6.45) is 4.92. The summed E-state index contributed by atoms with van der Waals surface area (Å²) in [5.74, 6) is 1.60. The monoisotopic (exact) mass is 355 g/mol. The zero-order valence-electron chi connectivity index (χ0n) is 15.3. The first kappa shape index (κ1) is 18.1. The van der Waals surface area contributed by atoms with Gasteiger partial charge in [-0.25, -0.2) is 0 Å². The SMILES string of the molecule is COc1cccc(C(=O)NCc2ccccc2OC2CCCC2)c1OC. The third-order valence-electron chi connectivity index (χ3n) is 4.66. The van der Waals surface area contributed by atoms with Crippen molar-refractivity contribution in [1.82, 2.24) is 5.32 Å². The highest BCUT2D eigenvalue weighted by Crippen LogP contribution is 2.31. The first-order valence-electron chi connectivity index (χ1n) is 8.96. The van der Waals surface area contributed by atoms with E-state index in [0.717, 1.165) is 24.2 Å².